The molecule has 3 heteroatoms. The highest BCUT2D eigenvalue weighted by Crippen LogP contribution is 2.49. The van der Waals surface area contributed by atoms with Gasteiger partial charge in [0, 0.05) is 0 Å². The third-order valence-corrected chi connectivity index (χ3v) is 6.43. The van der Waals surface area contributed by atoms with Crippen molar-refractivity contribution in [2.75, 3.05) is 0 Å². The molecule has 2 aliphatic carbocycles. The molecule has 2 saturated carbocycles. The minimum absolute atomic E-state index is 0.150. The van der Waals surface area contributed by atoms with Gasteiger partial charge in [0.2, 0.25) is 0 Å². The van der Waals surface area contributed by atoms with Crippen molar-refractivity contribution in [3.8, 4) is 5.75 Å². The van der Waals surface area contributed by atoms with Crippen LogP contribution in [0.5, 0.6) is 5.75 Å². The zero-order chi connectivity index (χ0) is 18.5. The summed E-state index contributed by atoms with van der Waals surface area (Å²) < 4.78 is 5.19. The molecule has 1 N–H and O–H groups in total. The van der Waals surface area contributed by atoms with Gasteiger partial charge in [0.05, 0.1) is 0 Å². The maximum absolute atomic E-state index is 10.5. The summed E-state index contributed by atoms with van der Waals surface area (Å²) in [4.78, 5) is 10.5. The van der Waals surface area contributed by atoms with Crippen molar-refractivity contribution in [1.29, 1.82) is 0 Å². The van der Waals surface area contributed by atoms with E-state index in [-0.39, 0.29) is 5.60 Å². The van der Waals surface area contributed by atoms with E-state index in [2.05, 4.69) is 19.1 Å². The zero-order valence-electron chi connectivity index (χ0n) is 16.3. The maximum atomic E-state index is 10.5. The van der Waals surface area contributed by atoms with Crippen molar-refractivity contribution in [1.82, 2.24) is 0 Å². The molecule has 2 fully saturated rings. The summed E-state index contributed by atoms with van der Waals surface area (Å²) >= 11 is 0. The van der Waals surface area contributed by atoms with Crippen molar-refractivity contribution in [2.45, 2.75) is 96.0 Å². The normalized spacial score (nSPS) is 19.1. The number of hydrogen-bond donors (Lipinski definition) is 1. The van der Waals surface area contributed by atoms with E-state index in [1.54, 1.807) is 0 Å². The van der Waals surface area contributed by atoms with Crippen molar-refractivity contribution in [2.24, 2.45) is 5.41 Å². The van der Waals surface area contributed by atoms with Gasteiger partial charge >= 0.3 is 0 Å². The van der Waals surface area contributed by atoms with Crippen LogP contribution < -0.4 is 0 Å². The number of hydrogen-bond acceptors (Lipinski definition) is 3. The maximum Gasteiger partial charge on any atom is 0.293 e. The smallest absolute Gasteiger partial charge is 0.293 e. The number of phenols is 1. The Labute approximate surface area is 158 Å². The molecule has 0 heterocycles. The number of carbonyl (C=O) groups is 1. The van der Waals surface area contributed by atoms with Gasteiger partial charge < -0.3 is 9.84 Å². The van der Waals surface area contributed by atoms with E-state index in [9.17, 15) is 9.90 Å². The van der Waals surface area contributed by atoms with Gasteiger partial charge in [-0.1, -0.05) is 31.9 Å². The van der Waals surface area contributed by atoms with Crippen LogP contribution in [0.3, 0.4) is 0 Å². The van der Waals surface area contributed by atoms with Crippen molar-refractivity contribution >= 4 is 6.47 Å². The van der Waals surface area contributed by atoms with E-state index < -0.39 is 0 Å². The number of aryl methyl sites for hydroxylation is 2. The van der Waals surface area contributed by atoms with Gasteiger partial charge in [-0.15, -0.1) is 0 Å². The lowest BCUT2D eigenvalue weighted by Crippen LogP contribution is -2.12. The van der Waals surface area contributed by atoms with Crippen molar-refractivity contribution in [3.05, 3.63) is 29.3 Å². The highest BCUT2D eigenvalue weighted by atomic mass is 16.5. The Hall–Kier alpha value is -1.51. The fraction of sp³-hybridized carbons (Fsp3) is 0.696. The average molecular weight is 359 g/mol. The van der Waals surface area contributed by atoms with Gasteiger partial charge in [-0.25, -0.2) is 0 Å². The molecule has 144 valence electrons. The first-order chi connectivity index (χ1) is 12.5. The number of phenolic OH excluding ortho intramolecular Hbond substituents is 1. The molecular formula is C23H34O3. The summed E-state index contributed by atoms with van der Waals surface area (Å²) in [6.45, 7) is 3.00. The molecule has 0 bridgehead atoms. The molecular weight excluding hydrogens is 324 g/mol. The van der Waals surface area contributed by atoms with Crippen LogP contribution in [0, 0.1) is 5.41 Å². The van der Waals surface area contributed by atoms with E-state index in [1.165, 1.54) is 44.1 Å². The quantitative estimate of drug-likeness (QED) is 0.363. The Morgan fingerprint density at radius 2 is 1.73 bits per heavy atom. The molecule has 0 aromatic heterocycles. The molecule has 1 aromatic rings. The first-order valence-electron chi connectivity index (χ1n) is 10.5. The van der Waals surface area contributed by atoms with Gasteiger partial charge in [0.1, 0.15) is 11.4 Å². The van der Waals surface area contributed by atoms with Crippen molar-refractivity contribution in [3.63, 3.8) is 0 Å². The first kappa shape index (κ1) is 19.3. The SMILES string of the molecule is CC1(CCCCCc2ccc(O)c(CCCCC3(OC=O)CC3)c2)CC1. The van der Waals surface area contributed by atoms with E-state index in [0.29, 0.717) is 17.6 Å². The summed E-state index contributed by atoms with van der Waals surface area (Å²) in [6.07, 6.45) is 15.2. The lowest BCUT2D eigenvalue weighted by atomic mass is 9.97. The topological polar surface area (TPSA) is 46.5 Å². The zero-order valence-corrected chi connectivity index (χ0v) is 16.3. The number of benzene rings is 1. The van der Waals surface area contributed by atoms with Gasteiger partial charge in [-0.3, -0.25) is 4.79 Å². The number of carbonyl (C=O) groups excluding carboxylic acids is 1. The van der Waals surface area contributed by atoms with Crippen LogP contribution in [-0.2, 0) is 22.4 Å². The molecule has 0 amide bonds. The number of aromatic hydroxyl groups is 1. The van der Waals surface area contributed by atoms with Crippen molar-refractivity contribution < 1.29 is 14.6 Å². The molecule has 0 radical (unpaired) electrons. The molecule has 0 unspecified atom stereocenters. The summed E-state index contributed by atoms with van der Waals surface area (Å²) in [7, 11) is 0. The predicted octanol–water partition coefficient (Wildman–Crippen LogP) is 5.71. The summed E-state index contributed by atoms with van der Waals surface area (Å²) in [6, 6.07) is 6.11. The van der Waals surface area contributed by atoms with E-state index in [0.717, 1.165) is 50.5 Å². The second kappa shape index (κ2) is 8.45. The molecule has 1 aromatic carbocycles. The van der Waals surface area contributed by atoms with E-state index in [1.807, 2.05) is 6.07 Å². The Balaban J connectivity index is 1.35. The minimum Gasteiger partial charge on any atom is -0.508 e. The average Bonchev–Trinajstić information content (AvgIpc) is 3.54. The largest absolute Gasteiger partial charge is 0.508 e. The second-order valence-electron chi connectivity index (χ2n) is 8.94. The van der Waals surface area contributed by atoms with Crippen LogP contribution in [0.25, 0.3) is 0 Å². The second-order valence-corrected chi connectivity index (χ2v) is 8.94. The third-order valence-electron chi connectivity index (χ3n) is 6.43. The molecule has 26 heavy (non-hydrogen) atoms. The Morgan fingerprint density at radius 3 is 2.42 bits per heavy atom. The molecule has 3 nitrogen and oxygen atoms in total. The van der Waals surface area contributed by atoms with Crippen LogP contribution in [0.15, 0.2) is 18.2 Å². The van der Waals surface area contributed by atoms with E-state index >= 15 is 0 Å². The van der Waals surface area contributed by atoms with Gasteiger partial charge in [-0.2, -0.15) is 0 Å². The van der Waals surface area contributed by atoms with Gasteiger partial charge in [0.25, 0.3) is 6.47 Å². The minimum atomic E-state index is -0.150. The van der Waals surface area contributed by atoms with Crippen LogP contribution in [0.4, 0.5) is 0 Å². The summed E-state index contributed by atoms with van der Waals surface area (Å²) in [5.41, 5.74) is 2.94. The number of unbranched alkanes of at least 4 members (excludes halogenated alkanes) is 3. The van der Waals surface area contributed by atoms with Crippen LogP contribution >= 0.6 is 0 Å². The summed E-state index contributed by atoms with van der Waals surface area (Å²) in [5.74, 6) is 0.417. The Bertz CT molecular complexity index is 599. The fourth-order valence-corrected chi connectivity index (χ4v) is 3.95. The molecule has 0 atom stereocenters. The van der Waals surface area contributed by atoms with Crippen LogP contribution in [-0.4, -0.2) is 17.2 Å². The Kier molecular flexibility index (Phi) is 6.26. The molecule has 2 aliphatic rings. The summed E-state index contributed by atoms with van der Waals surface area (Å²) in [5, 5.41) is 10.1. The highest BCUT2D eigenvalue weighted by molar-refractivity contribution is 5.39. The molecule has 0 aliphatic heterocycles. The molecule has 0 spiro atoms. The standard InChI is InChI=1S/C23H34O3/c1-22(13-14-22)11-5-2-3-7-19-9-10-21(25)20(17-19)8-4-6-12-23(15-16-23)26-18-24/h9-10,17-18,25H,2-8,11-16H2,1H3. The fourth-order valence-electron chi connectivity index (χ4n) is 3.95. The highest BCUT2D eigenvalue weighted by Gasteiger charge is 2.44. The molecule has 0 saturated heterocycles. The van der Waals surface area contributed by atoms with Gasteiger partial charge in [0.15, 0.2) is 0 Å². The predicted molar refractivity (Wildman–Crippen MR) is 104 cm³/mol. The van der Waals surface area contributed by atoms with Crippen LogP contribution in [0.2, 0.25) is 0 Å². The molecule has 3 rings (SSSR count). The Morgan fingerprint density at radius 1 is 1.00 bits per heavy atom. The first-order valence-corrected chi connectivity index (χ1v) is 10.5. The number of rotatable bonds is 13. The van der Waals surface area contributed by atoms with Crippen LogP contribution in [0.1, 0.15) is 88.7 Å². The van der Waals surface area contributed by atoms with E-state index in [4.69, 9.17) is 4.74 Å². The van der Waals surface area contributed by atoms with Gasteiger partial charge in [-0.05, 0) is 93.2 Å². The third kappa shape index (κ3) is 5.75. The monoisotopic (exact) mass is 358 g/mol. The lowest BCUT2D eigenvalue weighted by Gasteiger charge is -2.13. The lowest BCUT2D eigenvalue weighted by molar-refractivity contribution is -0.135. The number of ether oxygens (including phenoxy) is 1.